The van der Waals surface area contributed by atoms with Gasteiger partial charge in [0, 0.05) is 30.0 Å². The van der Waals surface area contributed by atoms with Gasteiger partial charge in [-0.3, -0.25) is 4.79 Å². The summed E-state index contributed by atoms with van der Waals surface area (Å²) in [4.78, 5) is 12.5. The number of nitrogens with zero attached hydrogens (tertiary/aromatic N) is 1. The van der Waals surface area contributed by atoms with Crippen LogP contribution >= 0.6 is 0 Å². The fourth-order valence-corrected chi connectivity index (χ4v) is 4.64. The molecule has 1 saturated heterocycles. The lowest BCUT2D eigenvalue weighted by Crippen LogP contribution is -2.42. The second-order valence-corrected chi connectivity index (χ2v) is 9.00. The molecule has 1 heterocycles. The van der Waals surface area contributed by atoms with Gasteiger partial charge in [0.1, 0.15) is 5.82 Å². The minimum atomic E-state index is -3.53. The molecule has 154 valence electrons. The second kappa shape index (κ2) is 9.33. The van der Waals surface area contributed by atoms with Gasteiger partial charge in [0.25, 0.3) is 0 Å². The molecule has 1 aliphatic heterocycles. The van der Waals surface area contributed by atoms with Crippen molar-refractivity contribution in [3.63, 3.8) is 0 Å². The fourth-order valence-electron chi connectivity index (χ4n) is 3.42. The molecule has 5 nitrogen and oxygen atoms in total. The van der Waals surface area contributed by atoms with Gasteiger partial charge in [-0.1, -0.05) is 48.5 Å². The summed E-state index contributed by atoms with van der Waals surface area (Å²) < 4.78 is 40.3. The first kappa shape index (κ1) is 21.2. The highest BCUT2D eigenvalue weighted by molar-refractivity contribution is 7.92. The van der Waals surface area contributed by atoms with Crippen LogP contribution in [0.3, 0.4) is 0 Å². The average Bonchev–Trinajstić information content (AvgIpc) is 2.73. The largest absolute Gasteiger partial charge is 0.349 e. The van der Waals surface area contributed by atoms with E-state index in [2.05, 4.69) is 5.32 Å². The number of carbonyl (C=O) groups excluding carboxylic acids is 1. The molecule has 0 saturated carbocycles. The summed E-state index contributed by atoms with van der Waals surface area (Å²) in [5, 5.41) is 4.06. The number of carbonyl (C=O) groups is 1. The molecule has 0 spiro atoms. The molecular formula is C22H25FN2O3S. The predicted octanol–water partition coefficient (Wildman–Crippen LogP) is 3.72. The van der Waals surface area contributed by atoms with Crippen molar-refractivity contribution in [2.45, 2.75) is 25.8 Å². The summed E-state index contributed by atoms with van der Waals surface area (Å²) in [6.07, 6.45) is 2.45. The Balaban J connectivity index is 1.55. The molecule has 1 fully saturated rings. The SMILES string of the molecule is C[C@@H](NC(=O)C1CCN(S(=O)(=O)/C=C/c2ccccc2)CC1)c1ccccc1F. The number of hydrogen-bond donors (Lipinski definition) is 1. The van der Waals surface area contributed by atoms with Crippen LogP contribution in [0.5, 0.6) is 0 Å². The van der Waals surface area contributed by atoms with Crippen LogP contribution in [0, 0.1) is 11.7 Å². The molecule has 1 aliphatic rings. The first-order valence-electron chi connectivity index (χ1n) is 9.65. The Morgan fingerprint density at radius 2 is 1.72 bits per heavy atom. The summed E-state index contributed by atoms with van der Waals surface area (Å²) >= 11 is 0. The van der Waals surface area contributed by atoms with E-state index in [-0.39, 0.29) is 30.7 Å². The number of benzene rings is 2. The zero-order valence-corrected chi connectivity index (χ0v) is 17.1. The molecule has 0 aromatic heterocycles. The second-order valence-electron chi connectivity index (χ2n) is 7.18. The van der Waals surface area contributed by atoms with Crippen molar-refractivity contribution in [1.82, 2.24) is 9.62 Å². The molecule has 2 aromatic carbocycles. The molecule has 1 atom stereocenters. The van der Waals surface area contributed by atoms with Crippen LogP contribution in [0.2, 0.25) is 0 Å². The van der Waals surface area contributed by atoms with Crippen molar-refractivity contribution in [2.24, 2.45) is 5.92 Å². The molecule has 1 amide bonds. The van der Waals surface area contributed by atoms with E-state index in [1.54, 1.807) is 31.2 Å². The van der Waals surface area contributed by atoms with Crippen molar-refractivity contribution in [3.8, 4) is 0 Å². The van der Waals surface area contributed by atoms with Gasteiger partial charge in [-0.25, -0.2) is 12.8 Å². The van der Waals surface area contributed by atoms with Crippen LogP contribution < -0.4 is 5.32 Å². The van der Waals surface area contributed by atoms with E-state index in [0.717, 1.165) is 5.56 Å². The molecule has 29 heavy (non-hydrogen) atoms. The van der Waals surface area contributed by atoms with E-state index in [4.69, 9.17) is 0 Å². The Morgan fingerprint density at radius 3 is 2.38 bits per heavy atom. The van der Waals surface area contributed by atoms with Crippen LogP contribution in [0.15, 0.2) is 60.0 Å². The highest BCUT2D eigenvalue weighted by Gasteiger charge is 2.30. The van der Waals surface area contributed by atoms with Crippen LogP contribution in [-0.4, -0.2) is 31.7 Å². The lowest BCUT2D eigenvalue weighted by molar-refractivity contribution is -0.126. The van der Waals surface area contributed by atoms with Crippen LogP contribution in [0.25, 0.3) is 6.08 Å². The third-order valence-corrected chi connectivity index (χ3v) is 6.71. The molecule has 2 aromatic rings. The zero-order valence-electron chi connectivity index (χ0n) is 16.3. The third kappa shape index (κ3) is 5.52. The standard InChI is InChI=1S/C22H25FN2O3S/c1-17(20-9-5-6-10-21(20)23)24-22(26)19-11-14-25(15-12-19)29(27,28)16-13-18-7-3-2-4-8-18/h2-10,13,16-17,19H,11-12,14-15H2,1H3,(H,24,26)/b16-13+/t17-/m1/s1. The molecule has 7 heteroatoms. The van der Waals surface area contributed by atoms with E-state index >= 15 is 0 Å². The first-order chi connectivity index (χ1) is 13.9. The molecule has 0 aliphatic carbocycles. The summed E-state index contributed by atoms with van der Waals surface area (Å²) in [6.45, 7) is 2.31. The van der Waals surface area contributed by atoms with E-state index in [0.29, 0.717) is 18.4 Å². The smallest absolute Gasteiger partial charge is 0.236 e. The Morgan fingerprint density at radius 1 is 1.10 bits per heavy atom. The van der Waals surface area contributed by atoms with Gasteiger partial charge < -0.3 is 5.32 Å². The van der Waals surface area contributed by atoms with Gasteiger partial charge in [-0.2, -0.15) is 4.31 Å². The minimum absolute atomic E-state index is 0.169. The molecule has 3 rings (SSSR count). The maximum absolute atomic E-state index is 13.9. The lowest BCUT2D eigenvalue weighted by atomic mass is 9.96. The summed E-state index contributed by atoms with van der Waals surface area (Å²) in [5.74, 6) is -0.808. The van der Waals surface area contributed by atoms with Crippen molar-refractivity contribution in [1.29, 1.82) is 0 Å². The number of sulfonamides is 1. The predicted molar refractivity (Wildman–Crippen MR) is 112 cm³/mol. The normalized spacial score (nSPS) is 17.3. The number of amides is 1. The van der Waals surface area contributed by atoms with Crippen molar-refractivity contribution >= 4 is 22.0 Å². The minimum Gasteiger partial charge on any atom is -0.349 e. The fraction of sp³-hybridized carbons (Fsp3) is 0.318. The zero-order chi connectivity index (χ0) is 20.9. The van der Waals surface area contributed by atoms with Gasteiger partial charge >= 0.3 is 0 Å². The Hall–Kier alpha value is -2.51. The number of nitrogens with one attached hydrogen (secondary N) is 1. The van der Waals surface area contributed by atoms with E-state index in [9.17, 15) is 17.6 Å². The summed E-state index contributed by atoms with van der Waals surface area (Å²) in [5.41, 5.74) is 1.25. The van der Waals surface area contributed by atoms with Crippen LogP contribution in [-0.2, 0) is 14.8 Å². The van der Waals surface area contributed by atoms with E-state index in [1.165, 1.54) is 15.8 Å². The van der Waals surface area contributed by atoms with Gasteiger partial charge in [-0.05, 0) is 37.5 Å². The monoisotopic (exact) mass is 416 g/mol. The topological polar surface area (TPSA) is 66.5 Å². The molecule has 0 radical (unpaired) electrons. The van der Waals surface area contributed by atoms with Gasteiger partial charge in [0.2, 0.25) is 15.9 Å². The molecule has 0 unspecified atom stereocenters. The number of piperidine rings is 1. The maximum atomic E-state index is 13.9. The van der Waals surface area contributed by atoms with Gasteiger partial charge in [0.05, 0.1) is 6.04 Å². The number of rotatable bonds is 6. The number of hydrogen-bond acceptors (Lipinski definition) is 3. The van der Waals surface area contributed by atoms with Gasteiger partial charge in [0.15, 0.2) is 0 Å². The maximum Gasteiger partial charge on any atom is 0.236 e. The van der Waals surface area contributed by atoms with E-state index < -0.39 is 16.1 Å². The average molecular weight is 417 g/mol. The first-order valence-corrected chi connectivity index (χ1v) is 11.2. The van der Waals surface area contributed by atoms with Crippen molar-refractivity contribution in [2.75, 3.05) is 13.1 Å². The van der Waals surface area contributed by atoms with Crippen molar-refractivity contribution < 1.29 is 17.6 Å². The van der Waals surface area contributed by atoms with Crippen LogP contribution in [0.4, 0.5) is 4.39 Å². The summed E-state index contributed by atoms with van der Waals surface area (Å²) in [7, 11) is -3.53. The molecule has 1 N–H and O–H groups in total. The molecular weight excluding hydrogens is 391 g/mol. The Kier molecular flexibility index (Phi) is 6.82. The summed E-state index contributed by atoms with van der Waals surface area (Å²) in [6, 6.07) is 15.1. The van der Waals surface area contributed by atoms with Gasteiger partial charge in [-0.15, -0.1) is 0 Å². The van der Waals surface area contributed by atoms with Crippen molar-refractivity contribution in [3.05, 3.63) is 76.9 Å². The van der Waals surface area contributed by atoms with Crippen LogP contribution in [0.1, 0.15) is 36.9 Å². The quantitative estimate of drug-likeness (QED) is 0.781. The highest BCUT2D eigenvalue weighted by Crippen LogP contribution is 2.23. The number of halogens is 1. The Bertz CT molecular complexity index is 969. The highest BCUT2D eigenvalue weighted by atomic mass is 32.2. The molecule has 0 bridgehead atoms. The Labute approximate surface area is 171 Å². The lowest BCUT2D eigenvalue weighted by Gasteiger charge is -2.30. The van der Waals surface area contributed by atoms with E-state index in [1.807, 2.05) is 30.3 Å². The third-order valence-electron chi connectivity index (χ3n) is 5.15.